The van der Waals surface area contributed by atoms with Crippen molar-refractivity contribution in [2.45, 2.75) is 83.4 Å². The van der Waals surface area contributed by atoms with Crippen molar-refractivity contribution in [1.82, 2.24) is 0 Å². The van der Waals surface area contributed by atoms with Crippen LogP contribution in [0.4, 0.5) is 0 Å². The average molecular weight is 398 g/mol. The maximum atomic E-state index is 12.9. The van der Waals surface area contributed by atoms with E-state index in [0.717, 1.165) is 5.57 Å². The first-order valence-corrected chi connectivity index (χ1v) is 9.95. The third-order valence-corrected chi connectivity index (χ3v) is 5.86. The van der Waals surface area contributed by atoms with Crippen molar-refractivity contribution in [2.24, 2.45) is 11.8 Å². The minimum absolute atomic E-state index is 0.0328. The summed E-state index contributed by atoms with van der Waals surface area (Å²) in [4.78, 5) is 25.5. The van der Waals surface area contributed by atoms with Gasteiger partial charge < -0.3 is 24.4 Å². The van der Waals surface area contributed by atoms with Crippen LogP contribution in [0.25, 0.3) is 0 Å². The molecular formula is C21H34O7. The number of ether oxygens (including phenoxy) is 3. The predicted molar refractivity (Wildman–Crippen MR) is 102 cm³/mol. The zero-order valence-electron chi connectivity index (χ0n) is 17.8. The first-order valence-electron chi connectivity index (χ1n) is 9.95. The average Bonchev–Trinajstić information content (AvgIpc) is 2.94. The van der Waals surface area contributed by atoms with Gasteiger partial charge in [0.25, 0.3) is 0 Å². The number of Topliss-reactive ketones (excluding diaryl/α,β-unsaturated/α-hetero) is 1. The van der Waals surface area contributed by atoms with E-state index < -0.39 is 40.8 Å². The molecule has 7 heteroatoms. The van der Waals surface area contributed by atoms with E-state index in [-0.39, 0.29) is 18.9 Å². The lowest BCUT2D eigenvalue weighted by Gasteiger charge is -2.33. The molecule has 1 saturated heterocycles. The van der Waals surface area contributed by atoms with Gasteiger partial charge in [-0.3, -0.25) is 9.59 Å². The lowest BCUT2D eigenvalue weighted by Crippen LogP contribution is -2.48. The minimum Gasteiger partial charge on any atom is -0.458 e. The molecule has 6 atom stereocenters. The molecule has 1 fully saturated rings. The van der Waals surface area contributed by atoms with Crippen LogP contribution in [0.1, 0.15) is 60.3 Å². The van der Waals surface area contributed by atoms with Crippen molar-refractivity contribution < 1.29 is 34.0 Å². The van der Waals surface area contributed by atoms with Crippen molar-refractivity contribution >= 4 is 11.8 Å². The van der Waals surface area contributed by atoms with Crippen molar-refractivity contribution in [3.05, 3.63) is 11.6 Å². The van der Waals surface area contributed by atoms with Crippen molar-refractivity contribution in [3.63, 3.8) is 0 Å². The number of methoxy groups -OCH3 is 1. The quantitative estimate of drug-likeness (QED) is 0.417. The number of ketones is 1. The monoisotopic (exact) mass is 398 g/mol. The molecule has 2 heterocycles. The van der Waals surface area contributed by atoms with Crippen LogP contribution in [0, 0.1) is 11.8 Å². The lowest BCUT2D eigenvalue weighted by atomic mass is 9.83. The minimum atomic E-state index is -1.81. The number of allylic oxidation sites excluding steroid dienone is 1. The molecule has 0 radical (unpaired) electrons. The summed E-state index contributed by atoms with van der Waals surface area (Å²) in [6, 6.07) is 0. The zero-order chi connectivity index (χ0) is 21.3. The van der Waals surface area contributed by atoms with E-state index >= 15 is 0 Å². The van der Waals surface area contributed by atoms with E-state index in [9.17, 15) is 19.8 Å². The fourth-order valence-electron chi connectivity index (χ4n) is 4.47. The molecule has 2 N–H and O–H groups in total. The van der Waals surface area contributed by atoms with E-state index in [0.29, 0.717) is 19.3 Å². The van der Waals surface area contributed by atoms with E-state index in [2.05, 4.69) is 0 Å². The second-order valence-electron chi connectivity index (χ2n) is 8.76. The summed E-state index contributed by atoms with van der Waals surface area (Å²) in [7, 11) is 1.49. The van der Waals surface area contributed by atoms with Gasteiger partial charge in [-0.15, -0.1) is 0 Å². The molecule has 0 saturated carbocycles. The molecule has 0 aromatic rings. The molecule has 0 aliphatic carbocycles. The second-order valence-corrected chi connectivity index (χ2v) is 8.76. The van der Waals surface area contributed by atoms with Crippen molar-refractivity contribution in [1.29, 1.82) is 0 Å². The highest BCUT2D eigenvalue weighted by Gasteiger charge is 2.55. The Bertz CT molecular complexity index is 641. The Morgan fingerprint density at radius 3 is 2.50 bits per heavy atom. The molecule has 0 spiro atoms. The Hall–Kier alpha value is -1.28. The summed E-state index contributed by atoms with van der Waals surface area (Å²) in [6.45, 7) is 8.53. The summed E-state index contributed by atoms with van der Waals surface area (Å²) < 4.78 is 16.8. The normalized spacial score (nSPS) is 45.1. The molecule has 0 amide bonds. The Balaban J connectivity index is 2.45. The number of esters is 1. The van der Waals surface area contributed by atoms with Gasteiger partial charge in [0.05, 0.1) is 6.61 Å². The molecule has 2 rings (SSSR count). The van der Waals surface area contributed by atoms with Gasteiger partial charge in [0.1, 0.15) is 17.6 Å². The lowest BCUT2D eigenvalue weighted by molar-refractivity contribution is -0.203. The molecule has 5 unspecified atom stereocenters. The predicted octanol–water partition coefficient (Wildman–Crippen LogP) is 2.13. The Morgan fingerprint density at radius 1 is 1.29 bits per heavy atom. The smallest absolute Gasteiger partial charge is 0.316 e. The number of rotatable bonds is 2. The highest BCUT2D eigenvalue weighted by atomic mass is 16.7. The van der Waals surface area contributed by atoms with Crippen LogP contribution in [0.15, 0.2) is 11.6 Å². The largest absolute Gasteiger partial charge is 0.458 e. The van der Waals surface area contributed by atoms with Gasteiger partial charge in [0.15, 0.2) is 17.2 Å². The maximum Gasteiger partial charge on any atom is 0.316 e. The van der Waals surface area contributed by atoms with Crippen molar-refractivity contribution in [3.8, 4) is 0 Å². The number of carbonyl (C=O) groups excluding carboxylic acids is 2. The summed E-state index contributed by atoms with van der Waals surface area (Å²) >= 11 is 0. The molecule has 0 aromatic heterocycles. The van der Waals surface area contributed by atoms with Crippen LogP contribution in [0.5, 0.6) is 0 Å². The summed E-state index contributed by atoms with van der Waals surface area (Å²) in [5.41, 5.74) is -2.23. The van der Waals surface area contributed by atoms with Gasteiger partial charge in [-0.05, 0) is 39.5 Å². The van der Waals surface area contributed by atoms with Crippen molar-refractivity contribution in [2.75, 3.05) is 13.7 Å². The number of hydrogen-bond acceptors (Lipinski definition) is 7. The van der Waals surface area contributed by atoms with Gasteiger partial charge >= 0.3 is 5.97 Å². The first kappa shape index (κ1) is 23.0. The molecule has 2 bridgehead atoms. The Labute approximate surface area is 167 Å². The van der Waals surface area contributed by atoms with Gasteiger partial charge in [0.2, 0.25) is 0 Å². The number of aliphatic hydroxyl groups is 2. The van der Waals surface area contributed by atoms with Crippen LogP contribution in [0.3, 0.4) is 0 Å². The number of fused-ring (bicyclic) bond motifs is 2. The highest BCUT2D eigenvalue weighted by molar-refractivity contribution is 6.03. The third-order valence-electron chi connectivity index (χ3n) is 5.86. The fraction of sp³-hybridized carbons (Fsp3) is 0.810. The molecule has 28 heavy (non-hydrogen) atoms. The molecule has 2 aliphatic heterocycles. The fourth-order valence-corrected chi connectivity index (χ4v) is 4.47. The summed E-state index contributed by atoms with van der Waals surface area (Å²) in [5.74, 6) is -3.57. The third kappa shape index (κ3) is 4.64. The van der Waals surface area contributed by atoms with E-state index in [1.165, 1.54) is 14.0 Å². The number of carbonyl (C=O) groups is 2. The van der Waals surface area contributed by atoms with Crippen LogP contribution in [0.2, 0.25) is 0 Å². The van der Waals surface area contributed by atoms with Crippen LogP contribution >= 0.6 is 0 Å². The number of cyclic esters (lactones) is 1. The van der Waals surface area contributed by atoms with Gasteiger partial charge in [-0.2, -0.15) is 0 Å². The van der Waals surface area contributed by atoms with Gasteiger partial charge in [-0.25, -0.2) is 0 Å². The van der Waals surface area contributed by atoms with Gasteiger partial charge in [0, 0.05) is 20.0 Å². The second kappa shape index (κ2) is 8.22. The van der Waals surface area contributed by atoms with Crippen LogP contribution in [-0.4, -0.2) is 58.8 Å². The van der Waals surface area contributed by atoms with E-state index in [4.69, 9.17) is 14.2 Å². The Morgan fingerprint density at radius 2 is 1.93 bits per heavy atom. The molecule has 2 aliphatic rings. The standard InChI is InChI=1S/C21H34O7/c1-7-16-19(5,24)9-13(2)8-14(3)10-21(26-6)11-20(25,12-27-21)17(22)15(4)18(23)28-16/h9,14-16,24-25H,7-8,10-12H2,1-6H3/b13-9+/t14?,15-,16?,19?,20?,21?/m1/s1. The molecule has 160 valence electrons. The molecular weight excluding hydrogens is 364 g/mol. The SMILES string of the molecule is CCC1OC(=O)[C@H](C)C(=O)C2(O)COC(OC)(CC(C)C/C(C)=C/C1(C)O)C2. The Kier molecular flexibility index (Phi) is 6.76. The maximum absolute atomic E-state index is 12.9. The first-order chi connectivity index (χ1) is 12.9. The zero-order valence-corrected chi connectivity index (χ0v) is 17.8. The molecule has 0 aromatic carbocycles. The van der Waals surface area contributed by atoms with Crippen LogP contribution < -0.4 is 0 Å². The summed E-state index contributed by atoms with van der Waals surface area (Å²) in [6.07, 6.45) is 2.42. The topological polar surface area (TPSA) is 102 Å². The van der Waals surface area contributed by atoms with E-state index in [1.807, 2.05) is 13.8 Å². The molecule has 7 nitrogen and oxygen atoms in total. The van der Waals surface area contributed by atoms with Gasteiger partial charge in [-0.1, -0.05) is 25.5 Å². The highest BCUT2D eigenvalue weighted by Crippen LogP contribution is 2.41. The number of hydrogen-bond donors (Lipinski definition) is 2. The van der Waals surface area contributed by atoms with E-state index in [1.54, 1.807) is 19.9 Å². The van der Waals surface area contributed by atoms with Crippen LogP contribution in [-0.2, 0) is 23.8 Å². The summed E-state index contributed by atoms with van der Waals surface area (Å²) in [5, 5.41) is 21.8.